The summed E-state index contributed by atoms with van der Waals surface area (Å²) in [5, 5.41) is 0. The first kappa shape index (κ1) is 28.2. The van der Waals surface area contributed by atoms with Gasteiger partial charge < -0.3 is 28.4 Å². The molecule has 2 aromatic carbocycles. The highest BCUT2D eigenvalue weighted by molar-refractivity contribution is 5.96. The van der Waals surface area contributed by atoms with Crippen molar-refractivity contribution in [3.63, 3.8) is 0 Å². The van der Waals surface area contributed by atoms with Gasteiger partial charge in [-0.3, -0.25) is 9.59 Å². The van der Waals surface area contributed by atoms with Crippen LogP contribution in [0.3, 0.4) is 0 Å². The molecule has 2 amide bonds. The van der Waals surface area contributed by atoms with Crippen molar-refractivity contribution in [2.45, 2.75) is 38.8 Å². The molecule has 0 saturated carbocycles. The number of rotatable bonds is 12. The molecule has 0 spiro atoms. The molecule has 1 aliphatic heterocycles. The van der Waals surface area contributed by atoms with E-state index in [1.54, 1.807) is 19.1 Å². The number of furan rings is 1. The fourth-order valence-corrected chi connectivity index (χ4v) is 4.64. The largest absolute Gasteiger partial charge is 0.493 e. The minimum atomic E-state index is -0.427. The molecule has 0 aliphatic carbocycles. The maximum absolute atomic E-state index is 13.7. The van der Waals surface area contributed by atoms with Crippen LogP contribution < -0.4 is 9.47 Å². The third-order valence-corrected chi connectivity index (χ3v) is 6.77. The maximum Gasteiger partial charge on any atom is 0.254 e. The highest BCUT2D eigenvalue weighted by Crippen LogP contribution is 2.28. The zero-order valence-electron chi connectivity index (χ0n) is 22.7. The van der Waals surface area contributed by atoms with E-state index in [0.717, 1.165) is 24.2 Å². The van der Waals surface area contributed by atoms with Gasteiger partial charge in [0.25, 0.3) is 5.91 Å². The van der Waals surface area contributed by atoms with Crippen LogP contribution in [0, 0.1) is 12.7 Å². The van der Waals surface area contributed by atoms with E-state index in [2.05, 4.69) is 0 Å². The molecule has 0 radical (unpaired) electrons. The number of aryl methyl sites for hydroxylation is 1. The van der Waals surface area contributed by atoms with Crippen molar-refractivity contribution >= 4 is 11.8 Å². The van der Waals surface area contributed by atoms with Gasteiger partial charge in [-0.05, 0) is 80.3 Å². The van der Waals surface area contributed by atoms with Crippen LogP contribution in [0.5, 0.6) is 11.5 Å². The average Bonchev–Trinajstić information content (AvgIpc) is 3.61. The zero-order valence-corrected chi connectivity index (χ0v) is 22.7. The van der Waals surface area contributed by atoms with E-state index in [4.69, 9.17) is 18.6 Å². The van der Waals surface area contributed by atoms with Crippen molar-refractivity contribution in [2.75, 3.05) is 40.5 Å². The Morgan fingerprint density at radius 1 is 1.00 bits per heavy atom. The Hall–Kier alpha value is -3.85. The maximum atomic E-state index is 13.7. The lowest BCUT2D eigenvalue weighted by molar-refractivity contribution is -0.133. The second-order valence-electron chi connectivity index (χ2n) is 9.59. The Labute approximate surface area is 228 Å². The Balaban J connectivity index is 1.53. The van der Waals surface area contributed by atoms with Gasteiger partial charge in [-0.1, -0.05) is 6.07 Å². The van der Waals surface area contributed by atoms with E-state index in [1.165, 1.54) is 29.2 Å². The normalized spacial score (nSPS) is 14.7. The van der Waals surface area contributed by atoms with Gasteiger partial charge in [0.1, 0.15) is 23.9 Å². The number of halogens is 1. The number of amides is 2. The lowest BCUT2D eigenvalue weighted by Crippen LogP contribution is -2.46. The topological polar surface area (TPSA) is 81.5 Å². The lowest BCUT2D eigenvalue weighted by Gasteiger charge is -2.29. The van der Waals surface area contributed by atoms with E-state index in [9.17, 15) is 14.0 Å². The van der Waals surface area contributed by atoms with Gasteiger partial charge in [0.05, 0.1) is 26.9 Å². The van der Waals surface area contributed by atoms with Gasteiger partial charge >= 0.3 is 0 Å². The van der Waals surface area contributed by atoms with Gasteiger partial charge in [0, 0.05) is 25.3 Å². The Kier molecular flexibility index (Phi) is 9.59. The third-order valence-electron chi connectivity index (χ3n) is 6.77. The Bertz CT molecular complexity index is 1250. The Morgan fingerprint density at radius 2 is 1.77 bits per heavy atom. The first-order chi connectivity index (χ1) is 18.9. The molecule has 4 rings (SSSR count). The van der Waals surface area contributed by atoms with Crippen molar-refractivity contribution in [3.8, 4) is 11.5 Å². The number of hydrogen-bond acceptors (Lipinski definition) is 6. The van der Waals surface area contributed by atoms with Gasteiger partial charge in [-0.15, -0.1) is 0 Å². The molecule has 1 fully saturated rings. The monoisotopic (exact) mass is 538 g/mol. The van der Waals surface area contributed by atoms with E-state index in [0.29, 0.717) is 42.4 Å². The average molecular weight is 539 g/mol. The number of methoxy groups -OCH3 is 2. The highest BCUT2D eigenvalue weighted by atomic mass is 19.1. The summed E-state index contributed by atoms with van der Waals surface area (Å²) in [6, 6.07) is 14.7. The molecule has 1 aliphatic rings. The van der Waals surface area contributed by atoms with Crippen molar-refractivity contribution in [2.24, 2.45) is 0 Å². The number of carbonyl (C=O) groups is 2. The first-order valence-corrected chi connectivity index (χ1v) is 13.1. The second kappa shape index (κ2) is 13.3. The summed E-state index contributed by atoms with van der Waals surface area (Å²) in [5.41, 5.74) is 1.29. The van der Waals surface area contributed by atoms with Crippen LogP contribution in [0.1, 0.15) is 40.3 Å². The van der Waals surface area contributed by atoms with Crippen LogP contribution in [0.25, 0.3) is 0 Å². The molecule has 0 bridgehead atoms. The van der Waals surface area contributed by atoms with Gasteiger partial charge in [0.15, 0.2) is 11.5 Å². The van der Waals surface area contributed by atoms with Crippen LogP contribution in [0.15, 0.2) is 59.0 Å². The van der Waals surface area contributed by atoms with E-state index in [-0.39, 0.29) is 37.6 Å². The first-order valence-electron chi connectivity index (χ1n) is 13.1. The molecule has 1 atom stereocenters. The van der Waals surface area contributed by atoms with E-state index >= 15 is 0 Å². The molecule has 3 aromatic rings. The van der Waals surface area contributed by atoms with E-state index < -0.39 is 5.82 Å². The van der Waals surface area contributed by atoms with Crippen LogP contribution in [-0.4, -0.2) is 68.2 Å². The molecular weight excluding hydrogens is 503 g/mol. The van der Waals surface area contributed by atoms with Crippen LogP contribution in [-0.2, 0) is 22.5 Å². The minimum Gasteiger partial charge on any atom is -0.493 e. The molecule has 39 heavy (non-hydrogen) atoms. The molecule has 1 aromatic heterocycles. The Morgan fingerprint density at radius 3 is 2.41 bits per heavy atom. The summed E-state index contributed by atoms with van der Waals surface area (Å²) in [5.74, 6) is 1.66. The van der Waals surface area contributed by atoms with Crippen molar-refractivity contribution in [3.05, 3.63) is 83.1 Å². The molecule has 1 saturated heterocycles. The number of nitrogens with zero attached hydrogens (tertiary/aromatic N) is 2. The highest BCUT2D eigenvalue weighted by Gasteiger charge is 2.27. The van der Waals surface area contributed by atoms with Crippen LogP contribution >= 0.6 is 0 Å². The van der Waals surface area contributed by atoms with Crippen LogP contribution in [0.2, 0.25) is 0 Å². The van der Waals surface area contributed by atoms with E-state index in [1.807, 2.05) is 37.3 Å². The summed E-state index contributed by atoms with van der Waals surface area (Å²) in [7, 11) is 3.16. The summed E-state index contributed by atoms with van der Waals surface area (Å²) < 4.78 is 35.8. The second-order valence-corrected chi connectivity index (χ2v) is 9.59. The number of benzene rings is 2. The summed E-state index contributed by atoms with van der Waals surface area (Å²) >= 11 is 0. The summed E-state index contributed by atoms with van der Waals surface area (Å²) in [6.45, 7) is 3.29. The van der Waals surface area contributed by atoms with Crippen LogP contribution in [0.4, 0.5) is 4.39 Å². The number of carbonyl (C=O) groups excluding carboxylic acids is 2. The smallest absolute Gasteiger partial charge is 0.254 e. The molecule has 208 valence electrons. The van der Waals surface area contributed by atoms with Crippen molar-refractivity contribution in [1.82, 2.24) is 9.80 Å². The quantitative estimate of drug-likeness (QED) is 0.334. The zero-order chi connectivity index (χ0) is 27.8. The summed E-state index contributed by atoms with van der Waals surface area (Å²) in [4.78, 5) is 30.3. The number of ether oxygens (including phenoxy) is 3. The standard InChI is InChI=1S/C30H35FN2O6/c1-21-6-12-26(39-21)19-32(15-14-22-7-13-27(36-2)28(17-22)37-3)29(34)20-33(18-25-5-4-16-38-25)30(35)23-8-10-24(31)11-9-23/h6-13,17,25H,4-5,14-16,18-20H2,1-3H3. The molecule has 0 N–H and O–H groups in total. The van der Waals surface area contributed by atoms with Gasteiger partial charge in [-0.25, -0.2) is 4.39 Å². The lowest BCUT2D eigenvalue weighted by atomic mass is 10.1. The fraction of sp³-hybridized carbons (Fsp3) is 0.400. The summed E-state index contributed by atoms with van der Waals surface area (Å²) in [6.07, 6.45) is 2.14. The third kappa shape index (κ3) is 7.60. The van der Waals surface area contributed by atoms with Crippen molar-refractivity contribution in [1.29, 1.82) is 0 Å². The van der Waals surface area contributed by atoms with Gasteiger partial charge in [-0.2, -0.15) is 0 Å². The predicted octanol–water partition coefficient (Wildman–Crippen LogP) is 4.64. The minimum absolute atomic E-state index is 0.137. The molecule has 9 heteroatoms. The van der Waals surface area contributed by atoms with Gasteiger partial charge in [0.2, 0.25) is 5.91 Å². The molecular formula is C30H35FN2O6. The molecule has 8 nitrogen and oxygen atoms in total. The fourth-order valence-electron chi connectivity index (χ4n) is 4.64. The SMILES string of the molecule is COc1ccc(CCN(Cc2ccc(C)o2)C(=O)CN(CC2CCCO2)C(=O)c2ccc(F)cc2)cc1OC. The van der Waals surface area contributed by atoms with Crippen molar-refractivity contribution < 1.29 is 32.6 Å². The molecule has 2 heterocycles. The number of hydrogen-bond donors (Lipinski definition) is 0. The molecule has 1 unspecified atom stereocenters. The predicted molar refractivity (Wildman–Crippen MR) is 143 cm³/mol.